The monoisotopic (exact) mass is 353 g/mol. The molecule has 100 valence electrons. The highest BCUT2D eigenvalue weighted by Gasteiger charge is 2.17. The number of nitrogens with one attached hydrogen (secondary N) is 1. The van der Waals surface area contributed by atoms with E-state index in [1.165, 1.54) is 25.7 Å². The topological polar surface area (TPSA) is 36.9 Å². The molecule has 1 N–H and O–H groups in total. The second-order valence-corrected chi connectivity index (χ2v) is 4.59. The molecule has 0 aromatic heterocycles. The minimum absolute atomic E-state index is 0. The van der Waals surface area contributed by atoms with Crippen molar-refractivity contribution in [3.05, 3.63) is 0 Å². The Morgan fingerprint density at radius 1 is 1.35 bits per heavy atom. The highest BCUT2D eigenvalue weighted by atomic mass is 127. The van der Waals surface area contributed by atoms with Gasteiger partial charge in [0.2, 0.25) is 0 Å². The van der Waals surface area contributed by atoms with Gasteiger partial charge in [0.1, 0.15) is 0 Å². The molecule has 17 heavy (non-hydrogen) atoms. The van der Waals surface area contributed by atoms with Gasteiger partial charge in [-0.05, 0) is 32.1 Å². The molecule has 0 aromatic carbocycles. The van der Waals surface area contributed by atoms with Gasteiger partial charge in [0, 0.05) is 33.3 Å². The molecule has 5 heteroatoms. The van der Waals surface area contributed by atoms with Gasteiger partial charge in [0.05, 0.1) is 6.10 Å². The number of halogens is 1. The lowest BCUT2D eigenvalue weighted by molar-refractivity contribution is 0.105. The number of aliphatic imine (C=N–C) groups is 1. The fourth-order valence-electron chi connectivity index (χ4n) is 2.48. The Morgan fingerprint density at radius 3 is 2.71 bits per heavy atom. The number of nitrogens with zero attached hydrogens (tertiary/aromatic N) is 2. The SMILES string of the molecule is CN=C(NCCC1CCCO1)N1CCCC1.I. The third kappa shape index (κ3) is 4.62. The number of rotatable bonds is 3. The van der Waals surface area contributed by atoms with Gasteiger partial charge >= 0.3 is 0 Å². The Balaban J connectivity index is 0.00000144. The summed E-state index contributed by atoms with van der Waals surface area (Å²) in [5.74, 6) is 1.07. The standard InChI is InChI=1S/C12H23N3O.HI/c1-13-12(15-8-2-3-9-15)14-7-6-11-5-4-10-16-11;/h11H,2-10H2,1H3,(H,13,14);1H. The van der Waals surface area contributed by atoms with E-state index in [1.807, 2.05) is 7.05 Å². The van der Waals surface area contributed by atoms with Gasteiger partial charge in [0.25, 0.3) is 0 Å². The lowest BCUT2D eigenvalue weighted by Crippen LogP contribution is -2.40. The minimum Gasteiger partial charge on any atom is -0.378 e. The normalized spacial score (nSPS) is 24.9. The first-order valence-electron chi connectivity index (χ1n) is 6.47. The summed E-state index contributed by atoms with van der Waals surface area (Å²) < 4.78 is 5.60. The summed E-state index contributed by atoms with van der Waals surface area (Å²) in [5, 5.41) is 3.43. The molecule has 2 aliphatic heterocycles. The van der Waals surface area contributed by atoms with Crippen molar-refractivity contribution in [2.45, 2.75) is 38.2 Å². The van der Waals surface area contributed by atoms with Crippen LogP contribution in [0.1, 0.15) is 32.1 Å². The van der Waals surface area contributed by atoms with Crippen molar-refractivity contribution in [1.29, 1.82) is 0 Å². The van der Waals surface area contributed by atoms with Gasteiger partial charge in [0.15, 0.2) is 5.96 Å². The van der Waals surface area contributed by atoms with E-state index in [0.717, 1.165) is 38.6 Å². The molecule has 0 saturated carbocycles. The summed E-state index contributed by atoms with van der Waals surface area (Å²) in [6, 6.07) is 0. The molecule has 0 amide bonds. The molecule has 2 fully saturated rings. The van der Waals surface area contributed by atoms with Crippen molar-refractivity contribution in [2.24, 2.45) is 4.99 Å². The molecule has 0 aromatic rings. The maximum absolute atomic E-state index is 5.60. The summed E-state index contributed by atoms with van der Waals surface area (Å²) >= 11 is 0. The first-order chi connectivity index (χ1) is 7.90. The number of hydrogen-bond acceptors (Lipinski definition) is 2. The van der Waals surface area contributed by atoms with Crippen molar-refractivity contribution >= 4 is 29.9 Å². The van der Waals surface area contributed by atoms with E-state index in [2.05, 4.69) is 15.2 Å². The fourth-order valence-corrected chi connectivity index (χ4v) is 2.48. The highest BCUT2D eigenvalue weighted by molar-refractivity contribution is 14.0. The zero-order chi connectivity index (χ0) is 11.2. The van der Waals surface area contributed by atoms with Crippen molar-refractivity contribution in [3.8, 4) is 0 Å². The van der Waals surface area contributed by atoms with E-state index in [0.29, 0.717) is 6.10 Å². The lowest BCUT2D eigenvalue weighted by atomic mass is 10.2. The third-order valence-electron chi connectivity index (χ3n) is 3.39. The molecule has 1 atom stereocenters. The Labute approximate surface area is 121 Å². The van der Waals surface area contributed by atoms with Crippen LogP contribution in [0.3, 0.4) is 0 Å². The average Bonchev–Trinajstić information content (AvgIpc) is 2.96. The van der Waals surface area contributed by atoms with E-state index in [4.69, 9.17) is 4.74 Å². The molecule has 0 aliphatic carbocycles. The van der Waals surface area contributed by atoms with E-state index in [-0.39, 0.29) is 24.0 Å². The van der Waals surface area contributed by atoms with Crippen LogP contribution >= 0.6 is 24.0 Å². The summed E-state index contributed by atoms with van der Waals surface area (Å²) in [5.41, 5.74) is 0. The molecular weight excluding hydrogens is 329 g/mol. The second-order valence-electron chi connectivity index (χ2n) is 4.59. The number of hydrogen-bond donors (Lipinski definition) is 1. The molecule has 2 aliphatic rings. The van der Waals surface area contributed by atoms with Crippen LogP contribution in [0.4, 0.5) is 0 Å². The van der Waals surface area contributed by atoms with Crippen LogP contribution in [-0.2, 0) is 4.74 Å². The largest absolute Gasteiger partial charge is 0.378 e. The second kappa shape index (κ2) is 8.13. The van der Waals surface area contributed by atoms with E-state index in [9.17, 15) is 0 Å². The van der Waals surface area contributed by atoms with Crippen LogP contribution in [0.5, 0.6) is 0 Å². The molecule has 0 bridgehead atoms. The summed E-state index contributed by atoms with van der Waals surface area (Å²) in [7, 11) is 1.87. The van der Waals surface area contributed by atoms with Crippen LogP contribution in [0, 0.1) is 0 Å². The number of guanidine groups is 1. The Hall–Kier alpha value is -0.0400. The van der Waals surface area contributed by atoms with Crippen molar-refractivity contribution in [1.82, 2.24) is 10.2 Å². The van der Waals surface area contributed by atoms with E-state index in [1.54, 1.807) is 0 Å². The van der Waals surface area contributed by atoms with Gasteiger partial charge in [-0.25, -0.2) is 0 Å². The van der Waals surface area contributed by atoms with Crippen molar-refractivity contribution < 1.29 is 4.74 Å². The Morgan fingerprint density at radius 2 is 2.12 bits per heavy atom. The third-order valence-corrected chi connectivity index (χ3v) is 3.39. The van der Waals surface area contributed by atoms with Crippen LogP contribution in [-0.4, -0.2) is 50.3 Å². The van der Waals surface area contributed by atoms with Gasteiger partial charge in [-0.2, -0.15) is 0 Å². The molecule has 2 rings (SSSR count). The summed E-state index contributed by atoms with van der Waals surface area (Å²) in [6.07, 6.45) is 6.63. The molecule has 0 radical (unpaired) electrons. The highest BCUT2D eigenvalue weighted by Crippen LogP contribution is 2.14. The first-order valence-corrected chi connectivity index (χ1v) is 6.47. The van der Waals surface area contributed by atoms with Crippen molar-refractivity contribution in [2.75, 3.05) is 33.3 Å². The van der Waals surface area contributed by atoms with Gasteiger partial charge < -0.3 is 15.0 Å². The molecular formula is C12H24IN3O. The molecule has 1 unspecified atom stereocenters. The zero-order valence-electron chi connectivity index (χ0n) is 10.7. The zero-order valence-corrected chi connectivity index (χ0v) is 13.0. The smallest absolute Gasteiger partial charge is 0.193 e. The minimum atomic E-state index is 0. The maximum atomic E-state index is 5.60. The summed E-state index contributed by atoms with van der Waals surface area (Å²) in [4.78, 5) is 6.67. The van der Waals surface area contributed by atoms with Crippen LogP contribution < -0.4 is 5.32 Å². The maximum Gasteiger partial charge on any atom is 0.193 e. The van der Waals surface area contributed by atoms with E-state index >= 15 is 0 Å². The Bertz CT molecular complexity index is 236. The first kappa shape index (κ1) is 15.0. The van der Waals surface area contributed by atoms with Crippen molar-refractivity contribution in [3.63, 3.8) is 0 Å². The lowest BCUT2D eigenvalue weighted by Gasteiger charge is -2.21. The quantitative estimate of drug-likeness (QED) is 0.478. The van der Waals surface area contributed by atoms with Crippen LogP contribution in [0.2, 0.25) is 0 Å². The number of likely N-dealkylation sites (tertiary alicyclic amines) is 1. The van der Waals surface area contributed by atoms with Gasteiger partial charge in [-0.15, -0.1) is 24.0 Å². The molecule has 0 spiro atoms. The van der Waals surface area contributed by atoms with Gasteiger partial charge in [-0.1, -0.05) is 0 Å². The van der Waals surface area contributed by atoms with Crippen LogP contribution in [0.25, 0.3) is 0 Å². The predicted octanol–water partition coefficient (Wildman–Crippen LogP) is 1.84. The van der Waals surface area contributed by atoms with Crippen LogP contribution in [0.15, 0.2) is 4.99 Å². The Kier molecular flexibility index (Phi) is 7.18. The van der Waals surface area contributed by atoms with Gasteiger partial charge in [-0.3, -0.25) is 4.99 Å². The predicted molar refractivity (Wildman–Crippen MR) is 81.2 cm³/mol. The molecule has 2 saturated heterocycles. The average molecular weight is 353 g/mol. The van der Waals surface area contributed by atoms with E-state index < -0.39 is 0 Å². The molecule has 4 nitrogen and oxygen atoms in total. The fraction of sp³-hybridized carbons (Fsp3) is 0.917. The number of ether oxygens (including phenoxy) is 1. The summed E-state index contributed by atoms with van der Waals surface area (Å²) in [6.45, 7) is 4.23. The molecule has 2 heterocycles.